The van der Waals surface area contributed by atoms with E-state index in [0.717, 1.165) is 6.08 Å². The summed E-state index contributed by atoms with van der Waals surface area (Å²) in [5.41, 5.74) is 4.00. The monoisotopic (exact) mass is 175 g/mol. The molecule has 0 aromatic rings. The lowest BCUT2D eigenvalue weighted by Gasteiger charge is -2.09. The summed E-state index contributed by atoms with van der Waals surface area (Å²) in [7, 11) is 0. The van der Waals surface area contributed by atoms with Gasteiger partial charge in [-0.25, -0.2) is 4.79 Å². The molecule has 0 aliphatic carbocycles. The fourth-order valence-corrected chi connectivity index (χ4v) is 0. The van der Waals surface area contributed by atoms with Gasteiger partial charge in [0.25, 0.3) is 0 Å². The molecule has 70 valence electrons. The molecule has 0 heterocycles. The van der Waals surface area contributed by atoms with Gasteiger partial charge in [-0.1, -0.05) is 6.58 Å². The van der Waals surface area contributed by atoms with E-state index in [1.165, 1.54) is 13.8 Å². The summed E-state index contributed by atoms with van der Waals surface area (Å²) in [6.07, 6.45) is 0.833. The number of hydrogen-bond acceptors (Lipinski definition) is 3. The van der Waals surface area contributed by atoms with Gasteiger partial charge in [0, 0.05) is 6.08 Å². The van der Waals surface area contributed by atoms with Gasteiger partial charge in [0.05, 0.1) is 0 Å². The zero-order valence-corrected chi connectivity index (χ0v) is 7.07. The maximum absolute atomic E-state index is 9.90. The first-order valence-electron chi connectivity index (χ1n) is 3.09. The fraction of sp³-hybridized carbons (Fsp3) is 0.429. The Balaban J connectivity index is 0. The number of aliphatic carboxylic acids is 2. The minimum absolute atomic E-state index is 0.833. The third kappa shape index (κ3) is 11.4. The minimum Gasteiger partial charge on any atom is -0.480 e. The summed E-state index contributed by atoms with van der Waals surface area (Å²) in [6.45, 7) is 5.84. The fourth-order valence-electron chi connectivity index (χ4n) is 0. The molecular formula is C7H13NO4. The molecule has 12 heavy (non-hydrogen) atoms. The first kappa shape index (κ1) is 13.2. The summed E-state index contributed by atoms with van der Waals surface area (Å²) in [6, 6.07) is 0. The number of rotatable bonds is 2. The van der Waals surface area contributed by atoms with Crippen LogP contribution in [0.4, 0.5) is 0 Å². The van der Waals surface area contributed by atoms with Crippen molar-refractivity contribution in [2.75, 3.05) is 0 Å². The Morgan fingerprint density at radius 1 is 1.42 bits per heavy atom. The van der Waals surface area contributed by atoms with Crippen molar-refractivity contribution >= 4 is 11.9 Å². The van der Waals surface area contributed by atoms with Crippen LogP contribution in [0.3, 0.4) is 0 Å². The number of nitrogens with two attached hydrogens (primary N) is 1. The molecule has 0 saturated carbocycles. The van der Waals surface area contributed by atoms with Gasteiger partial charge in [0.1, 0.15) is 5.54 Å². The van der Waals surface area contributed by atoms with Crippen LogP contribution in [-0.2, 0) is 9.59 Å². The Morgan fingerprint density at radius 3 is 1.58 bits per heavy atom. The molecule has 0 atom stereocenters. The largest absolute Gasteiger partial charge is 0.480 e. The van der Waals surface area contributed by atoms with Gasteiger partial charge in [0.2, 0.25) is 0 Å². The van der Waals surface area contributed by atoms with Crippen LogP contribution < -0.4 is 5.73 Å². The van der Waals surface area contributed by atoms with Gasteiger partial charge in [-0.3, -0.25) is 4.79 Å². The van der Waals surface area contributed by atoms with Crippen molar-refractivity contribution in [1.29, 1.82) is 0 Å². The van der Waals surface area contributed by atoms with Gasteiger partial charge in [0.15, 0.2) is 0 Å². The van der Waals surface area contributed by atoms with E-state index in [2.05, 4.69) is 6.58 Å². The van der Waals surface area contributed by atoms with Crippen molar-refractivity contribution in [3.63, 3.8) is 0 Å². The standard InChI is InChI=1S/C4H9NO2.C3H4O2/c1-4(2,5)3(6)7;1-2-3(4)5/h5H2,1-2H3,(H,6,7);2H,1H2,(H,4,5). The predicted octanol–water partition coefficient (Wildman–Crippen LogP) is 0.0653. The summed E-state index contributed by atoms with van der Waals surface area (Å²) in [5, 5.41) is 15.7. The molecule has 0 unspecified atom stereocenters. The Labute approximate surface area is 70.5 Å². The lowest BCUT2D eigenvalue weighted by atomic mass is 10.1. The van der Waals surface area contributed by atoms with Crippen molar-refractivity contribution in [2.24, 2.45) is 5.73 Å². The Bertz CT molecular complexity index is 180. The molecular weight excluding hydrogens is 162 g/mol. The molecule has 0 spiro atoms. The summed E-state index contributed by atoms with van der Waals surface area (Å²) in [4.78, 5) is 19.1. The zero-order chi connectivity index (χ0) is 10.4. The average Bonchev–Trinajstić information content (AvgIpc) is 1.87. The number of hydrogen-bond donors (Lipinski definition) is 3. The molecule has 0 aliphatic rings. The zero-order valence-electron chi connectivity index (χ0n) is 7.07. The van der Waals surface area contributed by atoms with Gasteiger partial charge in [-0.2, -0.15) is 0 Å². The minimum atomic E-state index is -1.08. The maximum Gasteiger partial charge on any atom is 0.327 e. The molecule has 4 N–H and O–H groups in total. The number of carbonyl (C=O) groups is 2. The Kier molecular flexibility index (Phi) is 5.86. The van der Waals surface area contributed by atoms with E-state index in [-0.39, 0.29) is 0 Å². The molecule has 0 fully saturated rings. The topological polar surface area (TPSA) is 101 Å². The molecule has 0 rings (SSSR count). The average molecular weight is 175 g/mol. The van der Waals surface area contributed by atoms with E-state index in [9.17, 15) is 9.59 Å². The van der Waals surface area contributed by atoms with Gasteiger partial charge in [-0.15, -0.1) is 0 Å². The lowest BCUT2D eigenvalue weighted by molar-refractivity contribution is -0.142. The molecule has 0 saturated heterocycles. The highest BCUT2D eigenvalue weighted by molar-refractivity contribution is 5.78. The third-order valence-electron chi connectivity index (χ3n) is 0.726. The second-order valence-corrected chi connectivity index (χ2v) is 2.57. The predicted molar refractivity (Wildman–Crippen MR) is 43.7 cm³/mol. The van der Waals surface area contributed by atoms with E-state index >= 15 is 0 Å². The second-order valence-electron chi connectivity index (χ2n) is 2.57. The molecule has 0 aliphatic heterocycles. The normalized spacial score (nSPS) is 9.25. The van der Waals surface area contributed by atoms with E-state index < -0.39 is 17.5 Å². The van der Waals surface area contributed by atoms with E-state index in [0.29, 0.717) is 0 Å². The van der Waals surface area contributed by atoms with Crippen LogP contribution in [0, 0.1) is 0 Å². The van der Waals surface area contributed by atoms with Crippen molar-refractivity contribution in [1.82, 2.24) is 0 Å². The number of carboxylic acids is 2. The van der Waals surface area contributed by atoms with Crippen LogP contribution in [0.2, 0.25) is 0 Å². The first-order chi connectivity index (χ1) is 5.21. The first-order valence-corrected chi connectivity index (χ1v) is 3.09. The van der Waals surface area contributed by atoms with Crippen LogP contribution in [0.5, 0.6) is 0 Å². The Hall–Kier alpha value is -1.36. The molecule has 0 amide bonds. The highest BCUT2D eigenvalue weighted by Crippen LogP contribution is 1.93. The highest BCUT2D eigenvalue weighted by Gasteiger charge is 2.19. The summed E-state index contributed by atoms with van der Waals surface area (Å²) < 4.78 is 0. The van der Waals surface area contributed by atoms with Crippen molar-refractivity contribution in [3.8, 4) is 0 Å². The molecule has 0 aromatic carbocycles. The quantitative estimate of drug-likeness (QED) is 0.515. The lowest BCUT2D eigenvalue weighted by Crippen LogP contribution is -2.41. The van der Waals surface area contributed by atoms with Crippen LogP contribution in [-0.4, -0.2) is 27.7 Å². The van der Waals surface area contributed by atoms with Crippen LogP contribution >= 0.6 is 0 Å². The van der Waals surface area contributed by atoms with E-state index in [1.54, 1.807) is 0 Å². The van der Waals surface area contributed by atoms with Gasteiger partial charge < -0.3 is 15.9 Å². The smallest absolute Gasteiger partial charge is 0.327 e. The highest BCUT2D eigenvalue weighted by atomic mass is 16.4. The Morgan fingerprint density at radius 2 is 1.58 bits per heavy atom. The van der Waals surface area contributed by atoms with Crippen molar-refractivity contribution in [2.45, 2.75) is 19.4 Å². The number of carboxylic acid groups (broad SMARTS) is 2. The van der Waals surface area contributed by atoms with Crippen molar-refractivity contribution in [3.05, 3.63) is 12.7 Å². The molecule has 5 heteroatoms. The SMILES string of the molecule is C=CC(=O)O.CC(C)(N)C(=O)O. The van der Waals surface area contributed by atoms with Gasteiger partial charge >= 0.3 is 11.9 Å². The van der Waals surface area contributed by atoms with Crippen LogP contribution in [0.15, 0.2) is 12.7 Å². The second kappa shape index (κ2) is 5.31. The molecule has 5 nitrogen and oxygen atoms in total. The maximum atomic E-state index is 9.90. The summed E-state index contributed by atoms with van der Waals surface area (Å²) in [5.74, 6) is -1.96. The van der Waals surface area contributed by atoms with Crippen LogP contribution in [0.25, 0.3) is 0 Å². The van der Waals surface area contributed by atoms with E-state index in [1.807, 2.05) is 0 Å². The summed E-state index contributed by atoms with van der Waals surface area (Å²) >= 11 is 0. The third-order valence-corrected chi connectivity index (χ3v) is 0.726. The van der Waals surface area contributed by atoms with Crippen molar-refractivity contribution < 1.29 is 19.8 Å². The molecule has 0 bridgehead atoms. The van der Waals surface area contributed by atoms with Gasteiger partial charge in [-0.05, 0) is 13.8 Å². The molecule has 0 radical (unpaired) electrons. The van der Waals surface area contributed by atoms with Crippen LogP contribution in [0.1, 0.15) is 13.8 Å². The molecule has 0 aromatic heterocycles. The van der Waals surface area contributed by atoms with E-state index in [4.69, 9.17) is 15.9 Å².